The summed E-state index contributed by atoms with van der Waals surface area (Å²) in [5, 5.41) is 2.87. The van der Waals surface area contributed by atoms with Crippen LogP contribution in [0.3, 0.4) is 0 Å². The molecule has 31 heavy (non-hydrogen) atoms. The molecule has 2 aromatic rings. The molecule has 1 saturated heterocycles. The number of nitrogens with zero attached hydrogens (tertiary/aromatic N) is 2. The summed E-state index contributed by atoms with van der Waals surface area (Å²) in [4.78, 5) is 15.1. The van der Waals surface area contributed by atoms with E-state index in [4.69, 9.17) is 0 Å². The fraction of sp³-hybridized carbons (Fsp3) is 0.435. The maximum atomic E-state index is 13.2. The summed E-state index contributed by atoms with van der Waals surface area (Å²) >= 11 is 0. The van der Waals surface area contributed by atoms with Crippen LogP contribution < -0.4 is 5.32 Å². The van der Waals surface area contributed by atoms with E-state index in [0.29, 0.717) is 19.4 Å². The minimum atomic E-state index is -3.85. The molecule has 0 saturated carbocycles. The number of rotatable bonds is 9. The summed E-state index contributed by atoms with van der Waals surface area (Å²) in [5.74, 6) is -0.812. The Labute approximate surface area is 184 Å². The lowest BCUT2D eigenvalue weighted by Gasteiger charge is -2.23. The molecule has 3 rings (SSSR count). The number of carbonyl (C=O) groups excluding carboxylic acids is 1. The van der Waals surface area contributed by atoms with Gasteiger partial charge in [0.25, 0.3) is 0 Å². The first kappa shape index (κ1) is 23.4. The van der Waals surface area contributed by atoms with Crippen molar-refractivity contribution in [2.45, 2.75) is 50.7 Å². The van der Waals surface area contributed by atoms with Crippen molar-refractivity contribution in [3.63, 3.8) is 0 Å². The van der Waals surface area contributed by atoms with Gasteiger partial charge in [0.05, 0.1) is 4.90 Å². The summed E-state index contributed by atoms with van der Waals surface area (Å²) in [6.07, 6.45) is 1.08. The highest BCUT2D eigenvalue weighted by Gasteiger charge is 2.39. The number of halogens is 1. The molecule has 6 nitrogen and oxygen atoms in total. The van der Waals surface area contributed by atoms with Crippen LogP contribution in [0.4, 0.5) is 4.39 Å². The van der Waals surface area contributed by atoms with Crippen LogP contribution in [0.15, 0.2) is 53.4 Å². The first-order valence-corrected chi connectivity index (χ1v) is 12.1. The Morgan fingerprint density at radius 3 is 2.29 bits per heavy atom. The topological polar surface area (TPSA) is 69.7 Å². The lowest BCUT2D eigenvalue weighted by atomic mass is 10.1. The highest BCUT2D eigenvalue weighted by atomic mass is 32.2. The van der Waals surface area contributed by atoms with E-state index in [-0.39, 0.29) is 17.3 Å². The molecule has 1 atom stereocenters. The average molecular weight is 448 g/mol. The molecule has 8 heteroatoms. The first-order valence-electron chi connectivity index (χ1n) is 10.7. The number of carbonyl (C=O) groups is 1. The quantitative estimate of drug-likeness (QED) is 0.641. The van der Waals surface area contributed by atoms with Crippen molar-refractivity contribution in [3.05, 3.63) is 65.5 Å². The lowest BCUT2D eigenvalue weighted by molar-refractivity contribution is -0.124. The zero-order valence-electron chi connectivity index (χ0n) is 18.1. The SMILES string of the molecule is CCN(CC)Cc1ccc(CNC(=O)[C@H]2CCCN2S(=O)(=O)c2ccc(F)cc2)cc1. The van der Waals surface area contributed by atoms with Gasteiger partial charge in [-0.3, -0.25) is 9.69 Å². The number of amides is 1. The van der Waals surface area contributed by atoms with Gasteiger partial charge in [-0.15, -0.1) is 0 Å². The molecular weight excluding hydrogens is 417 g/mol. The molecule has 1 aliphatic rings. The largest absolute Gasteiger partial charge is 0.351 e. The Hall–Kier alpha value is -2.29. The van der Waals surface area contributed by atoms with E-state index in [1.54, 1.807) is 0 Å². The van der Waals surface area contributed by atoms with E-state index >= 15 is 0 Å². The van der Waals surface area contributed by atoms with Gasteiger partial charge in [0.15, 0.2) is 0 Å². The van der Waals surface area contributed by atoms with E-state index in [0.717, 1.165) is 37.3 Å². The van der Waals surface area contributed by atoms with Gasteiger partial charge in [-0.2, -0.15) is 4.31 Å². The molecule has 1 aliphatic heterocycles. The molecule has 0 bridgehead atoms. The van der Waals surface area contributed by atoms with Crippen LogP contribution in [0.1, 0.15) is 37.8 Å². The fourth-order valence-electron chi connectivity index (χ4n) is 3.81. The van der Waals surface area contributed by atoms with Crippen LogP contribution in [0.25, 0.3) is 0 Å². The predicted molar refractivity (Wildman–Crippen MR) is 118 cm³/mol. The molecule has 1 heterocycles. The lowest BCUT2D eigenvalue weighted by Crippen LogP contribution is -2.45. The highest BCUT2D eigenvalue weighted by molar-refractivity contribution is 7.89. The number of hydrogen-bond acceptors (Lipinski definition) is 4. The van der Waals surface area contributed by atoms with Crippen molar-refractivity contribution in [2.24, 2.45) is 0 Å². The number of hydrogen-bond donors (Lipinski definition) is 1. The molecule has 0 unspecified atom stereocenters. The van der Waals surface area contributed by atoms with Gasteiger partial charge in [0, 0.05) is 19.6 Å². The number of benzene rings is 2. The van der Waals surface area contributed by atoms with Gasteiger partial charge in [-0.05, 0) is 61.3 Å². The van der Waals surface area contributed by atoms with E-state index in [2.05, 4.69) is 36.2 Å². The monoisotopic (exact) mass is 447 g/mol. The average Bonchev–Trinajstić information content (AvgIpc) is 3.28. The van der Waals surface area contributed by atoms with Gasteiger partial charge in [-0.25, -0.2) is 12.8 Å². The highest BCUT2D eigenvalue weighted by Crippen LogP contribution is 2.26. The van der Waals surface area contributed by atoms with Crippen molar-refractivity contribution < 1.29 is 17.6 Å². The van der Waals surface area contributed by atoms with E-state index in [9.17, 15) is 17.6 Å². The van der Waals surface area contributed by atoms with Gasteiger partial charge < -0.3 is 5.32 Å². The van der Waals surface area contributed by atoms with Crippen LogP contribution >= 0.6 is 0 Å². The van der Waals surface area contributed by atoms with Gasteiger partial charge in [0.1, 0.15) is 11.9 Å². The van der Waals surface area contributed by atoms with Crippen molar-refractivity contribution in [1.82, 2.24) is 14.5 Å². The van der Waals surface area contributed by atoms with Crippen LogP contribution in [0, 0.1) is 5.82 Å². The van der Waals surface area contributed by atoms with Crippen LogP contribution in [0.5, 0.6) is 0 Å². The molecule has 1 N–H and O–H groups in total. The Bertz CT molecular complexity index is 974. The summed E-state index contributed by atoms with van der Waals surface area (Å²) in [6, 6.07) is 12.0. The van der Waals surface area contributed by atoms with Crippen LogP contribution in [-0.2, 0) is 27.9 Å². The zero-order valence-corrected chi connectivity index (χ0v) is 18.9. The van der Waals surface area contributed by atoms with E-state index in [1.807, 2.05) is 12.1 Å². The second-order valence-electron chi connectivity index (χ2n) is 7.72. The second-order valence-corrected chi connectivity index (χ2v) is 9.61. The molecule has 0 aliphatic carbocycles. The Morgan fingerprint density at radius 2 is 1.68 bits per heavy atom. The van der Waals surface area contributed by atoms with Crippen molar-refractivity contribution in [3.8, 4) is 0 Å². The van der Waals surface area contributed by atoms with Gasteiger partial charge in [-0.1, -0.05) is 38.1 Å². The van der Waals surface area contributed by atoms with Crippen molar-refractivity contribution >= 4 is 15.9 Å². The molecule has 0 spiro atoms. The number of nitrogens with one attached hydrogen (secondary N) is 1. The molecule has 0 radical (unpaired) electrons. The van der Waals surface area contributed by atoms with Gasteiger partial charge >= 0.3 is 0 Å². The van der Waals surface area contributed by atoms with Crippen molar-refractivity contribution in [1.29, 1.82) is 0 Å². The summed E-state index contributed by atoms with van der Waals surface area (Å²) in [6.45, 7) is 7.76. The second kappa shape index (κ2) is 10.3. The number of sulfonamides is 1. The molecule has 2 aromatic carbocycles. The summed E-state index contributed by atoms with van der Waals surface area (Å²) < 4.78 is 40.3. The third kappa shape index (κ3) is 5.70. The smallest absolute Gasteiger partial charge is 0.243 e. The maximum absolute atomic E-state index is 13.2. The Kier molecular flexibility index (Phi) is 7.80. The normalized spacial score (nSPS) is 17.2. The molecule has 1 fully saturated rings. The molecule has 1 amide bonds. The third-order valence-corrected chi connectivity index (χ3v) is 7.64. The standard InChI is InChI=1S/C23H30FN3O3S/c1-3-26(4-2)17-19-9-7-18(8-10-19)16-25-23(28)22-6-5-15-27(22)31(29,30)21-13-11-20(24)12-14-21/h7-14,22H,3-6,15-17H2,1-2H3,(H,25,28)/t22-/m1/s1. The minimum Gasteiger partial charge on any atom is -0.351 e. The summed E-state index contributed by atoms with van der Waals surface area (Å²) in [5.41, 5.74) is 2.17. The van der Waals surface area contributed by atoms with Gasteiger partial charge in [0.2, 0.25) is 15.9 Å². The fourth-order valence-corrected chi connectivity index (χ4v) is 5.46. The maximum Gasteiger partial charge on any atom is 0.243 e. The van der Waals surface area contributed by atoms with Crippen molar-refractivity contribution in [2.75, 3.05) is 19.6 Å². The minimum absolute atomic E-state index is 0.00242. The predicted octanol–water partition coefficient (Wildman–Crippen LogP) is 3.14. The Morgan fingerprint density at radius 1 is 1.06 bits per heavy atom. The van der Waals surface area contributed by atoms with E-state index < -0.39 is 21.9 Å². The molecule has 0 aromatic heterocycles. The van der Waals surface area contributed by atoms with Crippen LogP contribution in [0.2, 0.25) is 0 Å². The molecular formula is C23H30FN3O3S. The van der Waals surface area contributed by atoms with E-state index in [1.165, 1.54) is 22.0 Å². The zero-order chi connectivity index (χ0) is 22.4. The summed E-state index contributed by atoms with van der Waals surface area (Å²) in [7, 11) is -3.85. The third-order valence-electron chi connectivity index (χ3n) is 5.72. The molecule has 168 valence electrons. The van der Waals surface area contributed by atoms with Crippen LogP contribution in [-0.4, -0.2) is 49.2 Å². The Balaban J connectivity index is 1.61. The first-order chi connectivity index (χ1) is 14.8.